The second-order valence-electron chi connectivity index (χ2n) is 10.3. The van der Waals surface area contributed by atoms with Gasteiger partial charge < -0.3 is 9.88 Å². The van der Waals surface area contributed by atoms with E-state index in [9.17, 15) is 9.59 Å². The summed E-state index contributed by atoms with van der Waals surface area (Å²) < 4.78 is 3.20. The number of anilines is 1. The van der Waals surface area contributed by atoms with Gasteiger partial charge in [-0.25, -0.2) is 0 Å². The number of aromatic nitrogens is 1. The van der Waals surface area contributed by atoms with Gasteiger partial charge in [-0.15, -0.1) is 11.3 Å². The normalized spacial score (nSPS) is 21.5. The summed E-state index contributed by atoms with van der Waals surface area (Å²) in [7, 11) is 0. The summed E-state index contributed by atoms with van der Waals surface area (Å²) in [6.45, 7) is 8.60. The average molecular weight is 478 g/mol. The summed E-state index contributed by atoms with van der Waals surface area (Å²) in [6.07, 6.45) is 7.78. The predicted molar refractivity (Wildman–Crippen MR) is 140 cm³/mol. The molecule has 2 amide bonds. The Morgan fingerprint density at radius 1 is 1.12 bits per heavy atom. The molecule has 1 fully saturated rings. The number of fused-ring (bicyclic) bond motifs is 3. The third-order valence-electron chi connectivity index (χ3n) is 7.66. The maximum atomic E-state index is 14.1. The average Bonchev–Trinajstić information content (AvgIpc) is 3.25. The van der Waals surface area contributed by atoms with Gasteiger partial charge in [0.2, 0.25) is 5.91 Å². The molecule has 5 nitrogen and oxygen atoms in total. The Labute approximate surface area is 206 Å². The van der Waals surface area contributed by atoms with E-state index in [1.807, 2.05) is 39.0 Å². The molecular formula is C28H35N3O2S. The molecule has 180 valence electrons. The molecule has 1 aliphatic heterocycles. The standard InChI is InChI=1S/C28H35N3O2S/c1-5-21-15-23-25(34-21)16-24-26(32)31(22-14-18(2)12-13-19(22)3)28(4,17-30(23)24)27(33)29-20-10-8-6-7-9-11-20/h12-16,20H,5-11,17H2,1-4H3,(H,29,33)/t28-/m1/s1. The van der Waals surface area contributed by atoms with Crippen LogP contribution >= 0.6 is 11.3 Å². The van der Waals surface area contributed by atoms with Crippen LogP contribution in [0.15, 0.2) is 30.3 Å². The van der Waals surface area contributed by atoms with E-state index < -0.39 is 5.54 Å². The third-order valence-corrected chi connectivity index (χ3v) is 8.87. The number of rotatable bonds is 4. The molecule has 1 N–H and O–H groups in total. The summed E-state index contributed by atoms with van der Waals surface area (Å²) in [6, 6.07) is 10.5. The maximum absolute atomic E-state index is 14.1. The van der Waals surface area contributed by atoms with Crippen LogP contribution in [0.5, 0.6) is 0 Å². The topological polar surface area (TPSA) is 54.3 Å². The number of carbonyl (C=O) groups is 2. The summed E-state index contributed by atoms with van der Waals surface area (Å²) in [4.78, 5) is 31.2. The van der Waals surface area contributed by atoms with Crippen molar-refractivity contribution in [1.29, 1.82) is 0 Å². The molecule has 2 aromatic heterocycles. The van der Waals surface area contributed by atoms with E-state index in [0.29, 0.717) is 12.2 Å². The molecule has 2 aliphatic rings. The van der Waals surface area contributed by atoms with Crippen molar-refractivity contribution >= 4 is 39.1 Å². The highest BCUT2D eigenvalue weighted by Gasteiger charge is 2.49. The Morgan fingerprint density at radius 2 is 1.85 bits per heavy atom. The Bertz CT molecular complexity index is 1250. The van der Waals surface area contributed by atoms with Gasteiger partial charge in [0, 0.05) is 16.6 Å². The van der Waals surface area contributed by atoms with Crippen molar-refractivity contribution < 1.29 is 9.59 Å². The maximum Gasteiger partial charge on any atom is 0.275 e. The highest BCUT2D eigenvalue weighted by Crippen LogP contribution is 2.39. The minimum Gasteiger partial charge on any atom is -0.351 e. The molecular weight excluding hydrogens is 442 g/mol. The van der Waals surface area contributed by atoms with Crippen LogP contribution in [0.3, 0.4) is 0 Å². The van der Waals surface area contributed by atoms with Crippen LogP contribution in [0.2, 0.25) is 0 Å². The van der Waals surface area contributed by atoms with Gasteiger partial charge in [0.15, 0.2) is 0 Å². The van der Waals surface area contributed by atoms with Crippen molar-refractivity contribution in [2.75, 3.05) is 4.90 Å². The van der Waals surface area contributed by atoms with E-state index in [2.05, 4.69) is 28.9 Å². The smallest absolute Gasteiger partial charge is 0.275 e. The number of hydrogen-bond donors (Lipinski definition) is 1. The molecule has 3 aromatic rings. The van der Waals surface area contributed by atoms with Gasteiger partial charge >= 0.3 is 0 Å². The van der Waals surface area contributed by atoms with Crippen LogP contribution in [0.4, 0.5) is 5.69 Å². The van der Waals surface area contributed by atoms with E-state index >= 15 is 0 Å². The lowest BCUT2D eigenvalue weighted by Gasteiger charge is -2.45. The van der Waals surface area contributed by atoms with Gasteiger partial charge in [0.05, 0.1) is 16.8 Å². The highest BCUT2D eigenvalue weighted by molar-refractivity contribution is 7.19. The van der Waals surface area contributed by atoms with Crippen molar-refractivity contribution in [1.82, 2.24) is 9.88 Å². The van der Waals surface area contributed by atoms with Crippen LogP contribution in [-0.4, -0.2) is 28.0 Å². The number of benzene rings is 1. The number of thiophene rings is 1. The first-order valence-corrected chi connectivity index (χ1v) is 13.5. The van der Waals surface area contributed by atoms with E-state index in [1.165, 1.54) is 17.7 Å². The van der Waals surface area contributed by atoms with Crippen molar-refractivity contribution in [2.24, 2.45) is 0 Å². The number of nitrogens with zero attached hydrogens (tertiary/aromatic N) is 2. The second kappa shape index (κ2) is 8.88. The Balaban J connectivity index is 1.62. The predicted octanol–water partition coefficient (Wildman–Crippen LogP) is 6.14. The van der Waals surface area contributed by atoms with Gasteiger partial charge in [0.25, 0.3) is 5.91 Å². The zero-order chi connectivity index (χ0) is 24.0. The summed E-state index contributed by atoms with van der Waals surface area (Å²) in [5, 5.41) is 3.37. The number of nitrogens with one attached hydrogen (secondary N) is 1. The first-order valence-electron chi connectivity index (χ1n) is 12.7. The molecule has 1 saturated carbocycles. The van der Waals surface area contributed by atoms with Crippen molar-refractivity contribution in [2.45, 2.75) is 90.8 Å². The van der Waals surface area contributed by atoms with E-state index in [0.717, 1.165) is 59.1 Å². The van der Waals surface area contributed by atoms with Crippen molar-refractivity contribution in [3.05, 3.63) is 52.0 Å². The molecule has 0 spiro atoms. The number of hydrogen-bond acceptors (Lipinski definition) is 3. The molecule has 34 heavy (non-hydrogen) atoms. The number of amides is 2. The lowest BCUT2D eigenvalue weighted by atomic mass is 9.91. The second-order valence-corrected chi connectivity index (χ2v) is 11.5. The first kappa shape index (κ1) is 23.2. The third kappa shape index (κ3) is 3.86. The Hall–Kier alpha value is -2.60. The monoisotopic (exact) mass is 477 g/mol. The molecule has 1 aliphatic carbocycles. The zero-order valence-electron chi connectivity index (χ0n) is 20.7. The Kier molecular flexibility index (Phi) is 6.05. The molecule has 0 saturated heterocycles. The molecule has 3 heterocycles. The molecule has 0 unspecified atom stereocenters. The minimum absolute atomic E-state index is 0.0490. The minimum atomic E-state index is -1.02. The lowest BCUT2D eigenvalue weighted by molar-refractivity contribution is -0.127. The SMILES string of the molecule is CCc1cc2c(cc3n2C[C@](C)(C(=O)NC2CCCCCC2)N(c2cc(C)ccc2C)C3=O)s1. The lowest BCUT2D eigenvalue weighted by Crippen LogP contribution is -2.65. The van der Waals surface area contributed by atoms with Gasteiger partial charge in [-0.3, -0.25) is 14.5 Å². The number of carbonyl (C=O) groups excluding carboxylic acids is 2. The van der Waals surface area contributed by atoms with Crippen LogP contribution in [0, 0.1) is 13.8 Å². The summed E-state index contributed by atoms with van der Waals surface area (Å²) in [5.41, 5.74) is 3.63. The van der Waals surface area contributed by atoms with Crippen molar-refractivity contribution in [3.8, 4) is 0 Å². The quantitative estimate of drug-likeness (QED) is 0.459. The fourth-order valence-corrected chi connectivity index (χ4v) is 6.65. The van der Waals surface area contributed by atoms with E-state index in [4.69, 9.17) is 0 Å². The first-order chi connectivity index (χ1) is 16.3. The largest absolute Gasteiger partial charge is 0.351 e. The van der Waals surface area contributed by atoms with Crippen LogP contribution in [0.25, 0.3) is 10.2 Å². The molecule has 5 rings (SSSR count). The molecule has 0 radical (unpaired) electrons. The van der Waals surface area contributed by atoms with Gasteiger partial charge in [-0.1, -0.05) is 44.7 Å². The Morgan fingerprint density at radius 3 is 2.56 bits per heavy atom. The van der Waals surface area contributed by atoms with Crippen LogP contribution in [-0.2, 0) is 17.8 Å². The fraction of sp³-hybridized carbons (Fsp3) is 0.500. The molecule has 6 heteroatoms. The molecule has 1 aromatic carbocycles. The highest BCUT2D eigenvalue weighted by atomic mass is 32.1. The fourth-order valence-electron chi connectivity index (χ4n) is 5.61. The van der Waals surface area contributed by atoms with Crippen LogP contribution in [0.1, 0.15) is 78.9 Å². The van der Waals surface area contributed by atoms with E-state index in [1.54, 1.807) is 16.2 Å². The number of aryl methyl sites for hydroxylation is 3. The van der Waals surface area contributed by atoms with Crippen LogP contribution < -0.4 is 10.2 Å². The van der Waals surface area contributed by atoms with E-state index in [-0.39, 0.29) is 17.9 Å². The van der Waals surface area contributed by atoms with Crippen molar-refractivity contribution in [3.63, 3.8) is 0 Å². The van der Waals surface area contributed by atoms with Gasteiger partial charge in [-0.2, -0.15) is 0 Å². The molecule has 0 bridgehead atoms. The summed E-state index contributed by atoms with van der Waals surface area (Å²) >= 11 is 1.74. The van der Waals surface area contributed by atoms with Gasteiger partial charge in [-0.05, 0) is 69.4 Å². The summed E-state index contributed by atoms with van der Waals surface area (Å²) in [5.74, 6) is -0.146. The molecule has 1 atom stereocenters. The zero-order valence-corrected chi connectivity index (χ0v) is 21.6. The van der Waals surface area contributed by atoms with Gasteiger partial charge in [0.1, 0.15) is 11.2 Å².